The number of methoxy groups -OCH3 is 2. The van der Waals surface area contributed by atoms with Crippen molar-refractivity contribution < 1.29 is 19.1 Å². The summed E-state index contributed by atoms with van der Waals surface area (Å²) in [5, 5.41) is 20.6. The molecule has 0 saturated carbocycles. The number of nitrogens with one attached hydrogen (secondary N) is 1. The van der Waals surface area contributed by atoms with Crippen LogP contribution in [0.2, 0.25) is 0 Å². The molecule has 0 saturated heterocycles. The van der Waals surface area contributed by atoms with Gasteiger partial charge in [-0.3, -0.25) is 14.2 Å². The molecule has 3 heterocycles. The van der Waals surface area contributed by atoms with E-state index in [1.54, 1.807) is 42.7 Å². The molecule has 6 rings (SSSR count). The number of aromatic nitrogens is 3. The van der Waals surface area contributed by atoms with Crippen LogP contribution in [-0.2, 0) is 11.3 Å². The molecule has 0 aliphatic carbocycles. The second-order valence-electron chi connectivity index (χ2n) is 9.97. The van der Waals surface area contributed by atoms with Crippen molar-refractivity contribution in [3.8, 4) is 17.2 Å². The van der Waals surface area contributed by atoms with Gasteiger partial charge in [-0.05, 0) is 41.8 Å². The number of rotatable bonds is 11. The van der Waals surface area contributed by atoms with E-state index in [4.69, 9.17) is 14.6 Å². The van der Waals surface area contributed by atoms with Gasteiger partial charge in [0, 0.05) is 23.2 Å². The Labute approximate surface area is 268 Å². The Morgan fingerprint density at radius 2 is 1.71 bits per heavy atom. The monoisotopic (exact) mass is 638 g/mol. The van der Waals surface area contributed by atoms with Gasteiger partial charge in [-0.25, -0.2) is 5.01 Å². The summed E-state index contributed by atoms with van der Waals surface area (Å²) in [5.74, 6) is 1.36. The number of hydrogen-bond donors (Lipinski definition) is 1. The van der Waals surface area contributed by atoms with E-state index in [0.29, 0.717) is 34.5 Å². The van der Waals surface area contributed by atoms with Crippen molar-refractivity contribution in [3.63, 3.8) is 0 Å². The number of amides is 2. The Kier molecular flexibility index (Phi) is 9.22. The first-order valence-electron chi connectivity index (χ1n) is 14.2. The Bertz CT molecular complexity index is 1810. The third kappa shape index (κ3) is 6.47. The van der Waals surface area contributed by atoms with Crippen LogP contribution in [0.3, 0.4) is 0 Å². The lowest BCUT2D eigenvalue weighted by Crippen LogP contribution is -2.29. The van der Waals surface area contributed by atoms with Crippen molar-refractivity contribution in [1.29, 1.82) is 0 Å². The highest BCUT2D eigenvalue weighted by molar-refractivity contribution is 7.99. The van der Waals surface area contributed by atoms with Crippen molar-refractivity contribution in [1.82, 2.24) is 25.1 Å². The average molecular weight is 639 g/mol. The summed E-state index contributed by atoms with van der Waals surface area (Å²) in [7, 11) is 3.18. The van der Waals surface area contributed by atoms with E-state index in [-0.39, 0.29) is 30.2 Å². The summed E-state index contributed by atoms with van der Waals surface area (Å²) < 4.78 is 13.1. The Balaban J connectivity index is 1.25. The minimum Gasteiger partial charge on any atom is -0.493 e. The maximum absolute atomic E-state index is 13.9. The lowest BCUT2D eigenvalue weighted by atomic mass is 9.99. The zero-order chi connectivity index (χ0) is 31.2. The van der Waals surface area contributed by atoms with Crippen LogP contribution in [0.25, 0.3) is 5.69 Å². The summed E-state index contributed by atoms with van der Waals surface area (Å²) in [6.07, 6.45) is 0.534. The number of para-hydroxylation sites is 2. The largest absolute Gasteiger partial charge is 0.493 e. The normalized spacial score (nSPS) is 14.2. The van der Waals surface area contributed by atoms with Gasteiger partial charge in [-0.2, -0.15) is 5.10 Å². The van der Waals surface area contributed by atoms with Gasteiger partial charge in [0.1, 0.15) is 0 Å². The summed E-state index contributed by atoms with van der Waals surface area (Å²) in [4.78, 5) is 27.7. The van der Waals surface area contributed by atoms with Crippen LogP contribution in [0.5, 0.6) is 11.5 Å². The topological polar surface area (TPSA) is 111 Å². The minimum atomic E-state index is -0.379. The highest BCUT2D eigenvalue weighted by Gasteiger charge is 2.36. The van der Waals surface area contributed by atoms with E-state index in [2.05, 4.69) is 15.5 Å². The Hall–Kier alpha value is -4.94. The number of carbonyl (C=O) groups is 2. The lowest BCUT2D eigenvalue weighted by molar-refractivity contribution is -0.130. The van der Waals surface area contributed by atoms with Crippen molar-refractivity contribution in [2.45, 2.75) is 24.2 Å². The van der Waals surface area contributed by atoms with E-state index in [1.165, 1.54) is 11.8 Å². The van der Waals surface area contributed by atoms with Crippen LogP contribution in [0.1, 0.15) is 39.1 Å². The van der Waals surface area contributed by atoms with Crippen LogP contribution in [0.4, 0.5) is 0 Å². The fourth-order valence-corrected chi connectivity index (χ4v) is 6.68. The van der Waals surface area contributed by atoms with Crippen molar-refractivity contribution >= 4 is 40.6 Å². The number of benzene rings is 3. The van der Waals surface area contributed by atoms with Crippen molar-refractivity contribution in [3.05, 3.63) is 118 Å². The summed E-state index contributed by atoms with van der Waals surface area (Å²) >= 11 is 2.85. The third-order valence-electron chi connectivity index (χ3n) is 7.25. The van der Waals surface area contributed by atoms with E-state index >= 15 is 0 Å². The number of thiophene rings is 1. The zero-order valence-corrected chi connectivity index (χ0v) is 26.3. The zero-order valence-electron chi connectivity index (χ0n) is 24.6. The maximum atomic E-state index is 13.9. The van der Waals surface area contributed by atoms with Gasteiger partial charge in [0.15, 0.2) is 22.5 Å². The van der Waals surface area contributed by atoms with E-state index in [1.807, 2.05) is 88.8 Å². The summed E-state index contributed by atoms with van der Waals surface area (Å²) in [5.41, 5.74) is 3.02. The third-order valence-corrected chi connectivity index (χ3v) is 9.08. The van der Waals surface area contributed by atoms with Gasteiger partial charge in [0.05, 0.1) is 43.1 Å². The molecule has 0 bridgehead atoms. The van der Waals surface area contributed by atoms with E-state index in [9.17, 15) is 9.59 Å². The molecule has 45 heavy (non-hydrogen) atoms. The summed E-state index contributed by atoms with van der Waals surface area (Å²) in [6, 6.07) is 27.9. The minimum absolute atomic E-state index is 0.0609. The van der Waals surface area contributed by atoms with Gasteiger partial charge < -0.3 is 14.8 Å². The first-order valence-corrected chi connectivity index (χ1v) is 16.0. The van der Waals surface area contributed by atoms with Crippen LogP contribution >= 0.6 is 23.1 Å². The highest BCUT2D eigenvalue weighted by Crippen LogP contribution is 2.42. The van der Waals surface area contributed by atoms with E-state index < -0.39 is 0 Å². The number of ether oxygens (including phenoxy) is 2. The first kappa shape index (κ1) is 30.1. The van der Waals surface area contributed by atoms with Crippen molar-refractivity contribution in [2.24, 2.45) is 5.10 Å². The highest BCUT2D eigenvalue weighted by atomic mass is 32.2. The molecule has 2 amide bonds. The molecular weight excluding hydrogens is 609 g/mol. The molecule has 1 N–H and O–H groups in total. The Morgan fingerprint density at radius 3 is 2.42 bits per heavy atom. The molecule has 5 aromatic rings. The van der Waals surface area contributed by atoms with Crippen molar-refractivity contribution in [2.75, 3.05) is 20.0 Å². The second kappa shape index (κ2) is 13.8. The molecule has 10 nitrogen and oxygen atoms in total. The smallest absolute Gasteiger partial charge is 0.253 e. The van der Waals surface area contributed by atoms with Gasteiger partial charge in [0.25, 0.3) is 11.8 Å². The maximum Gasteiger partial charge on any atom is 0.253 e. The number of thioether (sulfide) groups is 1. The van der Waals surface area contributed by atoms with Gasteiger partial charge in [0.2, 0.25) is 0 Å². The predicted octanol–water partition coefficient (Wildman–Crippen LogP) is 5.75. The molecule has 0 spiro atoms. The fourth-order valence-electron chi connectivity index (χ4n) is 5.14. The Morgan fingerprint density at radius 1 is 0.933 bits per heavy atom. The van der Waals surface area contributed by atoms with Gasteiger partial charge >= 0.3 is 0 Å². The molecule has 0 radical (unpaired) electrons. The second-order valence-corrected chi connectivity index (χ2v) is 11.9. The van der Waals surface area contributed by atoms with Crippen LogP contribution < -0.4 is 14.8 Å². The molecular formula is C33H30N6O4S2. The standard InChI is InChI=1S/C33H30N6O4S2/c1-42-27-16-9-15-24(31(27)43-2)26-19-25(28-17-10-18-44-28)37-39(26)30(40)21-45-33-36-35-29(38(33)23-13-7-4-8-14-23)20-34-32(41)22-11-5-3-6-12-22/h3-18,26H,19-21H2,1-2H3,(H,34,41). The summed E-state index contributed by atoms with van der Waals surface area (Å²) in [6.45, 7) is 0.155. The fraction of sp³-hybridized carbons (Fsp3) is 0.182. The molecule has 3 aromatic carbocycles. The predicted molar refractivity (Wildman–Crippen MR) is 174 cm³/mol. The molecule has 1 unspecified atom stereocenters. The van der Waals surface area contributed by atoms with E-state index in [0.717, 1.165) is 21.8 Å². The van der Waals surface area contributed by atoms with Crippen LogP contribution in [-0.4, -0.2) is 57.3 Å². The molecule has 1 aliphatic heterocycles. The van der Waals surface area contributed by atoms with Gasteiger partial charge in [-0.1, -0.05) is 66.4 Å². The average Bonchev–Trinajstić information content (AvgIpc) is 3.87. The number of carbonyl (C=O) groups excluding carboxylic acids is 2. The quantitative estimate of drug-likeness (QED) is 0.184. The number of hydrazone groups is 1. The molecule has 1 aliphatic rings. The molecule has 0 fully saturated rings. The van der Waals surface area contributed by atoms with Gasteiger partial charge in [-0.15, -0.1) is 21.5 Å². The first-order chi connectivity index (χ1) is 22.1. The molecule has 2 aromatic heterocycles. The van der Waals surface area contributed by atoms with Crippen LogP contribution in [0, 0.1) is 0 Å². The molecule has 1 atom stereocenters. The number of hydrogen-bond acceptors (Lipinski definition) is 9. The lowest BCUT2D eigenvalue weighted by Gasteiger charge is -2.24. The number of nitrogens with zero attached hydrogens (tertiary/aromatic N) is 5. The van der Waals surface area contributed by atoms with Crippen LogP contribution in [0.15, 0.2) is 107 Å². The molecule has 228 valence electrons. The SMILES string of the molecule is COc1cccc(C2CC(c3cccs3)=NN2C(=O)CSc2nnc(CNC(=O)c3ccccc3)n2-c2ccccc2)c1OC. The molecule has 12 heteroatoms.